The maximum Gasteiger partial charge on any atom is 0.0829 e. The Morgan fingerprint density at radius 3 is 2.52 bits per heavy atom. The van der Waals surface area contributed by atoms with Crippen molar-refractivity contribution in [2.24, 2.45) is 33.6 Å². The van der Waals surface area contributed by atoms with Gasteiger partial charge in [0.05, 0.1) is 18.2 Å². The molecule has 3 heteroatoms. The van der Waals surface area contributed by atoms with Gasteiger partial charge in [0.25, 0.3) is 0 Å². The zero-order valence-electron chi connectivity index (χ0n) is 24.7. The van der Waals surface area contributed by atoms with Crippen molar-refractivity contribution in [3.8, 4) is 0 Å². The van der Waals surface area contributed by atoms with Crippen molar-refractivity contribution < 1.29 is 10.2 Å². The molecule has 4 saturated carbocycles. The SMILES string of the molecule is C=C1/C(=C\C=C2/CCCC3(C)C2CC[C@@H]3[C@H](C)/C=C/C(O)C2(C3=NC(c4ccccc4)CC3)CC2)CCCC1O. The molecule has 1 aromatic rings. The van der Waals surface area contributed by atoms with Crippen LogP contribution in [0, 0.1) is 28.6 Å². The third-order valence-corrected chi connectivity index (χ3v) is 11.6. The van der Waals surface area contributed by atoms with E-state index in [4.69, 9.17) is 4.99 Å². The minimum Gasteiger partial charge on any atom is -0.388 e. The summed E-state index contributed by atoms with van der Waals surface area (Å²) in [4.78, 5) is 5.14. The molecule has 5 aliphatic rings. The van der Waals surface area contributed by atoms with Gasteiger partial charge in [-0.1, -0.05) is 80.6 Å². The number of aliphatic hydroxyl groups is 2. The lowest BCUT2D eigenvalue weighted by Gasteiger charge is -2.44. The van der Waals surface area contributed by atoms with E-state index in [0.29, 0.717) is 23.2 Å². The first kappa shape index (κ1) is 27.9. The van der Waals surface area contributed by atoms with E-state index in [1.165, 1.54) is 49.0 Å². The first-order chi connectivity index (χ1) is 19.3. The standard InChI is InChI=1S/C37H49NO2/c1-25(14-21-35(40)37(23-24-37)34-20-19-32(38-34)29-9-5-4-6-10-29)30-17-18-31-28(12-8-22-36(30,31)3)16-15-27-11-7-13-33(39)26(27)2/h4-6,9-10,14-16,21,25,30-33,35,39-40H,2,7-8,11-13,17-20,22-24H2,1,3H3/b21-14+,27-15-,28-16+/t25-,30-,31?,32?,33?,35?,36?/m1/s1. The highest BCUT2D eigenvalue weighted by molar-refractivity contribution is 5.95. The van der Waals surface area contributed by atoms with Crippen LogP contribution < -0.4 is 0 Å². The Morgan fingerprint density at radius 2 is 1.75 bits per heavy atom. The summed E-state index contributed by atoms with van der Waals surface area (Å²) in [5.74, 6) is 1.74. The molecule has 40 heavy (non-hydrogen) atoms. The Bertz CT molecular complexity index is 1220. The number of benzene rings is 1. The molecule has 7 atom stereocenters. The largest absolute Gasteiger partial charge is 0.388 e. The molecule has 3 nitrogen and oxygen atoms in total. The van der Waals surface area contributed by atoms with Crippen molar-refractivity contribution in [1.29, 1.82) is 0 Å². The summed E-state index contributed by atoms with van der Waals surface area (Å²) in [5, 5.41) is 21.7. The normalized spacial score (nSPS) is 37.1. The summed E-state index contributed by atoms with van der Waals surface area (Å²) in [6.07, 6.45) is 21.8. The monoisotopic (exact) mass is 539 g/mol. The van der Waals surface area contributed by atoms with E-state index in [1.807, 2.05) is 0 Å². The summed E-state index contributed by atoms with van der Waals surface area (Å²) in [5.41, 5.74) is 6.53. The van der Waals surface area contributed by atoms with Crippen LogP contribution in [-0.4, -0.2) is 28.1 Å². The molecule has 2 N–H and O–H groups in total. The van der Waals surface area contributed by atoms with Gasteiger partial charge in [0, 0.05) is 11.1 Å². The number of allylic oxidation sites excluding steroid dienone is 4. The second-order valence-corrected chi connectivity index (χ2v) is 13.8. The lowest BCUT2D eigenvalue weighted by molar-refractivity contribution is 0.111. The third-order valence-electron chi connectivity index (χ3n) is 11.6. The van der Waals surface area contributed by atoms with Crippen LogP contribution in [0.1, 0.15) is 103 Å². The van der Waals surface area contributed by atoms with Crippen LogP contribution in [0.5, 0.6) is 0 Å². The first-order valence-electron chi connectivity index (χ1n) is 16.1. The molecule has 0 saturated heterocycles. The number of hydrogen-bond acceptors (Lipinski definition) is 3. The van der Waals surface area contributed by atoms with Crippen LogP contribution in [0.15, 0.2) is 82.9 Å². The summed E-state index contributed by atoms with van der Waals surface area (Å²) in [6.45, 7) is 9.09. The minimum absolute atomic E-state index is 0.118. The number of fused-ring (bicyclic) bond motifs is 1. The van der Waals surface area contributed by atoms with Crippen LogP contribution in [0.25, 0.3) is 0 Å². The van der Waals surface area contributed by atoms with Crippen LogP contribution in [0.3, 0.4) is 0 Å². The topological polar surface area (TPSA) is 52.8 Å². The van der Waals surface area contributed by atoms with E-state index < -0.39 is 6.10 Å². The summed E-state index contributed by atoms with van der Waals surface area (Å²) >= 11 is 0. The summed E-state index contributed by atoms with van der Waals surface area (Å²) in [7, 11) is 0. The van der Waals surface area contributed by atoms with Crippen molar-refractivity contribution in [1.82, 2.24) is 0 Å². The molecule has 1 aromatic carbocycles. The van der Waals surface area contributed by atoms with Gasteiger partial charge in [-0.05, 0) is 117 Å². The van der Waals surface area contributed by atoms with E-state index in [9.17, 15) is 10.2 Å². The average Bonchev–Trinajstić information content (AvgIpc) is 3.47. The molecule has 0 spiro atoms. The van der Waals surface area contributed by atoms with Gasteiger partial charge >= 0.3 is 0 Å². The van der Waals surface area contributed by atoms with E-state index >= 15 is 0 Å². The van der Waals surface area contributed by atoms with Gasteiger partial charge in [-0.15, -0.1) is 0 Å². The van der Waals surface area contributed by atoms with Crippen molar-refractivity contribution in [2.45, 2.75) is 109 Å². The Hall–Kier alpha value is -2.23. The number of aliphatic imine (C=N–C) groups is 1. The fraction of sp³-hybridized carbons (Fsp3) is 0.595. The quantitative estimate of drug-likeness (QED) is 0.342. The van der Waals surface area contributed by atoms with Gasteiger partial charge in [0.15, 0.2) is 0 Å². The van der Waals surface area contributed by atoms with Gasteiger partial charge in [-0.25, -0.2) is 0 Å². The predicted molar refractivity (Wildman–Crippen MR) is 165 cm³/mol. The molecule has 0 aromatic heterocycles. The summed E-state index contributed by atoms with van der Waals surface area (Å²) < 4.78 is 0. The molecule has 5 unspecified atom stereocenters. The van der Waals surface area contributed by atoms with Gasteiger partial charge in [0.2, 0.25) is 0 Å². The van der Waals surface area contributed by atoms with Gasteiger partial charge in [-0.2, -0.15) is 0 Å². The van der Waals surface area contributed by atoms with Crippen LogP contribution in [-0.2, 0) is 0 Å². The molecule has 0 radical (unpaired) electrons. The highest BCUT2D eigenvalue weighted by Gasteiger charge is 2.54. The predicted octanol–water partition coefficient (Wildman–Crippen LogP) is 8.47. The number of nitrogens with zero attached hydrogens (tertiary/aromatic N) is 1. The maximum atomic E-state index is 11.4. The Labute approximate surface area is 241 Å². The Balaban J connectivity index is 1.12. The number of aliphatic hydroxyl groups excluding tert-OH is 2. The maximum absolute atomic E-state index is 11.4. The second kappa shape index (κ2) is 11.2. The van der Waals surface area contributed by atoms with E-state index in [-0.39, 0.29) is 17.6 Å². The Morgan fingerprint density at radius 1 is 0.950 bits per heavy atom. The van der Waals surface area contributed by atoms with Crippen LogP contribution in [0.2, 0.25) is 0 Å². The molecule has 1 heterocycles. The molecule has 1 aliphatic heterocycles. The third kappa shape index (κ3) is 5.13. The zero-order valence-corrected chi connectivity index (χ0v) is 24.7. The molecule has 6 rings (SSSR count). The number of hydrogen-bond donors (Lipinski definition) is 2. The van der Waals surface area contributed by atoms with Gasteiger partial charge < -0.3 is 10.2 Å². The second-order valence-electron chi connectivity index (χ2n) is 13.8. The van der Waals surface area contributed by atoms with Crippen molar-refractivity contribution in [2.75, 3.05) is 0 Å². The van der Waals surface area contributed by atoms with Crippen LogP contribution in [0.4, 0.5) is 0 Å². The van der Waals surface area contributed by atoms with E-state index in [0.717, 1.165) is 50.5 Å². The first-order valence-corrected chi connectivity index (χ1v) is 16.1. The smallest absolute Gasteiger partial charge is 0.0829 e. The minimum atomic E-state index is -0.430. The highest BCUT2D eigenvalue weighted by atomic mass is 16.3. The molecule has 0 amide bonds. The molecular formula is C37H49NO2. The molecule has 214 valence electrons. The van der Waals surface area contributed by atoms with E-state index in [2.05, 4.69) is 75.1 Å². The van der Waals surface area contributed by atoms with Crippen molar-refractivity contribution in [3.63, 3.8) is 0 Å². The lowest BCUT2D eigenvalue weighted by atomic mass is 9.61. The van der Waals surface area contributed by atoms with E-state index in [1.54, 1.807) is 5.57 Å². The van der Waals surface area contributed by atoms with Crippen LogP contribution >= 0.6 is 0 Å². The zero-order chi connectivity index (χ0) is 27.9. The van der Waals surface area contributed by atoms with Crippen molar-refractivity contribution in [3.05, 3.63) is 83.5 Å². The molecule has 4 fully saturated rings. The highest BCUT2D eigenvalue weighted by Crippen LogP contribution is 2.60. The fourth-order valence-electron chi connectivity index (χ4n) is 8.95. The Kier molecular flexibility index (Phi) is 7.83. The molecule has 0 bridgehead atoms. The fourth-order valence-corrected chi connectivity index (χ4v) is 8.95. The molecular weight excluding hydrogens is 490 g/mol. The van der Waals surface area contributed by atoms with Crippen molar-refractivity contribution >= 4 is 5.71 Å². The summed E-state index contributed by atoms with van der Waals surface area (Å²) in [6, 6.07) is 10.9. The number of rotatable bonds is 7. The lowest BCUT2D eigenvalue weighted by Crippen LogP contribution is -2.35. The van der Waals surface area contributed by atoms with Gasteiger partial charge in [-0.3, -0.25) is 4.99 Å². The average molecular weight is 540 g/mol. The van der Waals surface area contributed by atoms with Gasteiger partial charge in [0.1, 0.15) is 0 Å². The molecule has 4 aliphatic carbocycles.